The van der Waals surface area contributed by atoms with Crippen LogP contribution < -0.4 is 11.2 Å². The number of hydrogen-bond donors (Lipinski definition) is 2. The molecule has 0 aliphatic carbocycles. The quantitative estimate of drug-likeness (QED) is 0.732. The van der Waals surface area contributed by atoms with Gasteiger partial charge in [0.2, 0.25) is 5.88 Å². The summed E-state index contributed by atoms with van der Waals surface area (Å²) >= 11 is 0. The van der Waals surface area contributed by atoms with Gasteiger partial charge in [0.1, 0.15) is 5.82 Å². The van der Waals surface area contributed by atoms with Crippen molar-refractivity contribution in [3.05, 3.63) is 57.0 Å². The minimum atomic E-state index is -0.824. The molecule has 2 N–H and O–H groups in total. The van der Waals surface area contributed by atoms with Gasteiger partial charge in [0.15, 0.2) is 0 Å². The highest BCUT2D eigenvalue weighted by molar-refractivity contribution is 5.35. The topological polar surface area (TPSA) is 75.1 Å². The predicted molar refractivity (Wildman–Crippen MR) is 54.3 cm³/mol. The predicted octanol–water partition coefficient (Wildman–Crippen LogP) is 0.370. The molecule has 0 amide bonds. The zero-order valence-electron chi connectivity index (χ0n) is 7.98. The third-order valence-corrected chi connectivity index (χ3v) is 1.99. The number of aromatic hydroxyl groups is 1. The van der Waals surface area contributed by atoms with E-state index in [1.165, 1.54) is 18.2 Å². The zero-order valence-corrected chi connectivity index (χ0v) is 7.98. The van der Waals surface area contributed by atoms with E-state index in [-0.39, 0.29) is 5.69 Å². The molecule has 0 atom stereocenters. The lowest BCUT2D eigenvalue weighted by atomic mass is 10.3. The van der Waals surface area contributed by atoms with E-state index in [0.29, 0.717) is 0 Å². The van der Waals surface area contributed by atoms with E-state index in [1.54, 1.807) is 0 Å². The third-order valence-electron chi connectivity index (χ3n) is 1.99. The van der Waals surface area contributed by atoms with Gasteiger partial charge in [-0.2, -0.15) is 0 Å². The largest absolute Gasteiger partial charge is 0.494 e. The molecule has 1 heterocycles. The molecule has 0 unspecified atom stereocenters. The summed E-state index contributed by atoms with van der Waals surface area (Å²) in [5, 5.41) is 9.44. The van der Waals surface area contributed by atoms with Gasteiger partial charge in [-0.15, -0.1) is 0 Å². The highest BCUT2D eigenvalue weighted by atomic mass is 19.1. The van der Waals surface area contributed by atoms with Crippen LogP contribution in [0.15, 0.2) is 39.9 Å². The molecule has 0 aliphatic heterocycles. The summed E-state index contributed by atoms with van der Waals surface area (Å²) in [7, 11) is 0. The number of nitrogens with one attached hydrogen (secondary N) is 1. The first-order valence-electron chi connectivity index (χ1n) is 4.39. The molecule has 5 nitrogen and oxygen atoms in total. The minimum Gasteiger partial charge on any atom is -0.494 e. The average Bonchev–Trinajstić information content (AvgIpc) is 2.15. The van der Waals surface area contributed by atoms with E-state index < -0.39 is 22.9 Å². The van der Waals surface area contributed by atoms with Gasteiger partial charge in [0.25, 0.3) is 5.56 Å². The normalized spacial score (nSPS) is 10.3. The molecule has 0 fully saturated rings. The van der Waals surface area contributed by atoms with Crippen LogP contribution in [0.25, 0.3) is 5.69 Å². The first-order valence-corrected chi connectivity index (χ1v) is 4.39. The molecule has 0 bridgehead atoms. The lowest BCUT2D eigenvalue weighted by Gasteiger charge is -2.06. The molecule has 0 aliphatic rings. The maximum Gasteiger partial charge on any atom is 0.335 e. The number of rotatable bonds is 1. The molecular weight excluding hydrogens is 215 g/mol. The first kappa shape index (κ1) is 10.2. The molecule has 0 spiro atoms. The van der Waals surface area contributed by atoms with Gasteiger partial charge in [-0.25, -0.2) is 13.8 Å². The van der Waals surface area contributed by atoms with Crippen molar-refractivity contribution < 1.29 is 9.50 Å². The van der Waals surface area contributed by atoms with Crippen LogP contribution in [0.3, 0.4) is 0 Å². The molecule has 82 valence electrons. The Morgan fingerprint density at radius 1 is 1.25 bits per heavy atom. The lowest BCUT2D eigenvalue weighted by Crippen LogP contribution is -2.27. The number of halogens is 1. The summed E-state index contributed by atoms with van der Waals surface area (Å²) in [4.78, 5) is 24.2. The Kier molecular flexibility index (Phi) is 2.32. The van der Waals surface area contributed by atoms with Crippen LogP contribution in [0.2, 0.25) is 0 Å². The van der Waals surface area contributed by atoms with Gasteiger partial charge in [0.05, 0.1) is 11.8 Å². The molecule has 6 heteroatoms. The van der Waals surface area contributed by atoms with Crippen molar-refractivity contribution in [2.45, 2.75) is 0 Å². The van der Waals surface area contributed by atoms with Crippen LogP contribution in [0.4, 0.5) is 4.39 Å². The number of nitrogens with zero attached hydrogens (tertiary/aromatic N) is 1. The van der Waals surface area contributed by atoms with Crippen molar-refractivity contribution in [2.24, 2.45) is 0 Å². The molecule has 2 rings (SSSR count). The molecular formula is C10H7FN2O3. The first-order chi connectivity index (χ1) is 7.58. The number of aromatic amines is 1. The molecule has 1 aromatic heterocycles. The van der Waals surface area contributed by atoms with E-state index >= 15 is 0 Å². The van der Waals surface area contributed by atoms with E-state index in [1.807, 2.05) is 4.98 Å². The van der Waals surface area contributed by atoms with Crippen molar-refractivity contribution in [3.63, 3.8) is 0 Å². The van der Waals surface area contributed by atoms with Gasteiger partial charge >= 0.3 is 5.69 Å². The highest BCUT2D eigenvalue weighted by Gasteiger charge is 2.07. The van der Waals surface area contributed by atoms with Crippen LogP contribution >= 0.6 is 0 Å². The monoisotopic (exact) mass is 222 g/mol. The summed E-state index contributed by atoms with van der Waals surface area (Å²) in [6.45, 7) is 0. The minimum absolute atomic E-state index is 0.138. The fourth-order valence-electron chi connectivity index (χ4n) is 1.35. The Morgan fingerprint density at radius 2 is 2.00 bits per heavy atom. The maximum absolute atomic E-state index is 12.9. The second kappa shape index (κ2) is 3.65. The molecule has 2 aromatic rings. The maximum atomic E-state index is 12.9. The van der Waals surface area contributed by atoms with Gasteiger partial charge in [0, 0.05) is 0 Å². The van der Waals surface area contributed by atoms with Crippen LogP contribution in [-0.2, 0) is 0 Å². The summed E-state index contributed by atoms with van der Waals surface area (Å²) < 4.78 is 13.7. The Hall–Kier alpha value is -2.37. The summed E-state index contributed by atoms with van der Waals surface area (Å²) in [5.41, 5.74) is -1.40. The van der Waals surface area contributed by atoms with E-state index in [0.717, 1.165) is 16.7 Å². The van der Waals surface area contributed by atoms with Gasteiger partial charge in [-0.05, 0) is 18.2 Å². The molecule has 0 saturated carbocycles. The smallest absolute Gasteiger partial charge is 0.335 e. The van der Waals surface area contributed by atoms with Crippen LogP contribution in [-0.4, -0.2) is 14.7 Å². The fourth-order valence-corrected chi connectivity index (χ4v) is 1.35. The summed E-state index contributed by atoms with van der Waals surface area (Å²) in [6.07, 6.45) is 0. The van der Waals surface area contributed by atoms with Crippen molar-refractivity contribution in [3.8, 4) is 11.6 Å². The van der Waals surface area contributed by atoms with E-state index in [9.17, 15) is 19.1 Å². The summed E-state index contributed by atoms with van der Waals surface area (Å²) in [6, 6.07) is 5.94. The molecule has 1 aromatic carbocycles. The number of hydrogen-bond acceptors (Lipinski definition) is 3. The number of aromatic nitrogens is 2. The average molecular weight is 222 g/mol. The van der Waals surface area contributed by atoms with Gasteiger partial charge in [-0.3, -0.25) is 9.78 Å². The molecule has 16 heavy (non-hydrogen) atoms. The van der Waals surface area contributed by atoms with Crippen LogP contribution in [0.1, 0.15) is 0 Å². The highest BCUT2D eigenvalue weighted by Crippen LogP contribution is 2.12. The standard InChI is InChI=1S/C10H7FN2O3/c11-6-2-1-3-7(4-6)13-9(15)5-8(14)12-10(13)16/h1-5,15H,(H,12,14,16). The van der Waals surface area contributed by atoms with Gasteiger partial charge in [-0.1, -0.05) is 6.07 Å². The Bertz CT molecular complexity index is 645. The fraction of sp³-hybridized carbons (Fsp3) is 0. The van der Waals surface area contributed by atoms with Crippen LogP contribution in [0.5, 0.6) is 5.88 Å². The zero-order chi connectivity index (χ0) is 11.7. The third kappa shape index (κ3) is 1.72. The van der Waals surface area contributed by atoms with Crippen molar-refractivity contribution in [1.29, 1.82) is 0 Å². The van der Waals surface area contributed by atoms with E-state index in [2.05, 4.69) is 0 Å². The SMILES string of the molecule is O=c1cc(O)n(-c2cccc(F)c2)c(=O)[nH]1. The number of benzene rings is 1. The van der Waals surface area contributed by atoms with E-state index in [4.69, 9.17) is 0 Å². The molecule has 0 saturated heterocycles. The second-order valence-electron chi connectivity index (χ2n) is 3.11. The lowest BCUT2D eigenvalue weighted by molar-refractivity contribution is 0.431. The van der Waals surface area contributed by atoms with Crippen LogP contribution in [0, 0.1) is 5.82 Å². The van der Waals surface area contributed by atoms with Crippen molar-refractivity contribution in [2.75, 3.05) is 0 Å². The second-order valence-corrected chi connectivity index (χ2v) is 3.11. The molecule has 0 radical (unpaired) electrons. The Labute approximate surface area is 88.4 Å². The number of H-pyrrole nitrogens is 1. The van der Waals surface area contributed by atoms with Crippen molar-refractivity contribution in [1.82, 2.24) is 9.55 Å². The Balaban J connectivity index is 2.74. The van der Waals surface area contributed by atoms with Crippen molar-refractivity contribution >= 4 is 0 Å². The van der Waals surface area contributed by atoms with Gasteiger partial charge < -0.3 is 5.11 Å². The summed E-state index contributed by atoms with van der Waals surface area (Å²) in [5.74, 6) is -1.09. The Morgan fingerprint density at radius 3 is 2.62 bits per heavy atom.